The van der Waals surface area contributed by atoms with Crippen molar-refractivity contribution < 1.29 is 9.53 Å². The molecule has 0 bridgehead atoms. The molecule has 1 N–H and O–H groups in total. The topological polar surface area (TPSA) is 43.3 Å². The van der Waals surface area contributed by atoms with Crippen molar-refractivity contribution in [1.29, 1.82) is 0 Å². The van der Waals surface area contributed by atoms with Crippen molar-refractivity contribution in [3.63, 3.8) is 0 Å². The van der Waals surface area contributed by atoms with Crippen LogP contribution in [0.15, 0.2) is 24.3 Å². The lowest BCUT2D eigenvalue weighted by Gasteiger charge is -2.28. The number of hydrogen-bond acceptors (Lipinski definition) is 2. The van der Waals surface area contributed by atoms with Crippen LogP contribution in [0.25, 0.3) is 10.9 Å². The molecule has 3 rings (SSSR count). The summed E-state index contributed by atoms with van der Waals surface area (Å²) >= 11 is 6.11. The number of nitrogens with one attached hydrogen (secondary N) is 1. The number of aromatic nitrogens is 1. The highest BCUT2D eigenvalue weighted by atomic mass is 35.5. The van der Waals surface area contributed by atoms with E-state index in [4.69, 9.17) is 16.3 Å². The predicted octanol–water partition coefficient (Wildman–Crippen LogP) is 4.13. The number of ether oxygens (including phenoxy) is 1. The fourth-order valence-electron chi connectivity index (χ4n) is 2.93. The van der Waals surface area contributed by atoms with Crippen molar-refractivity contribution in [2.45, 2.75) is 51.8 Å². The Bertz CT molecular complexity index is 715. The summed E-state index contributed by atoms with van der Waals surface area (Å²) in [6.07, 6.45) is 1.51. The van der Waals surface area contributed by atoms with E-state index in [0.29, 0.717) is 0 Å². The van der Waals surface area contributed by atoms with E-state index in [1.807, 2.05) is 39.0 Å². The van der Waals surface area contributed by atoms with Crippen molar-refractivity contribution in [2.75, 3.05) is 0 Å². The molecule has 118 valence electrons. The standard InChI is InChI=1S/C17H21ClN2O2/c1-17(2,3)22-16(21)19-13-6-7-14-8-11-4-5-12(18)9-15(11)20(14)10-13/h4-5,8-9,13H,6-7,10H2,1-3H3,(H,19,21)/t13-/m0/s1. The number of hydrogen-bond donors (Lipinski definition) is 1. The zero-order chi connectivity index (χ0) is 15.9. The molecule has 0 spiro atoms. The molecule has 1 aliphatic heterocycles. The molecule has 1 aromatic heterocycles. The maximum Gasteiger partial charge on any atom is 0.407 e. The lowest BCUT2D eigenvalue weighted by atomic mass is 10.1. The van der Waals surface area contributed by atoms with Crippen LogP contribution in [0.4, 0.5) is 4.79 Å². The van der Waals surface area contributed by atoms with Gasteiger partial charge < -0.3 is 14.6 Å². The Balaban J connectivity index is 1.77. The molecule has 0 fully saturated rings. The number of fused-ring (bicyclic) bond motifs is 3. The molecule has 0 aliphatic carbocycles. The van der Waals surface area contributed by atoms with Gasteiger partial charge in [0.15, 0.2) is 0 Å². The van der Waals surface area contributed by atoms with E-state index in [9.17, 15) is 4.79 Å². The molecule has 4 nitrogen and oxygen atoms in total. The van der Waals surface area contributed by atoms with Crippen LogP contribution in [0.3, 0.4) is 0 Å². The number of benzene rings is 1. The maximum absolute atomic E-state index is 11.9. The van der Waals surface area contributed by atoms with Crippen LogP contribution in [-0.4, -0.2) is 22.3 Å². The maximum atomic E-state index is 11.9. The number of nitrogens with zero attached hydrogens (tertiary/aromatic N) is 1. The first-order valence-corrected chi connectivity index (χ1v) is 7.97. The Morgan fingerprint density at radius 3 is 2.86 bits per heavy atom. The number of carbonyl (C=O) groups excluding carboxylic acids is 1. The summed E-state index contributed by atoms with van der Waals surface area (Å²) in [5.41, 5.74) is 1.94. The smallest absolute Gasteiger partial charge is 0.407 e. The van der Waals surface area contributed by atoms with Gasteiger partial charge in [0.2, 0.25) is 0 Å². The SMILES string of the molecule is CC(C)(C)OC(=O)N[C@H]1CCc2cc3ccc(Cl)cc3n2C1. The summed E-state index contributed by atoms with van der Waals surface area (Å²) in [5.74, 6) is 0. The second kappa shape index (κ2) is 5.51. The number of alkyl carbamates (subject to hydrolysis) is 1. The summed E-state index contributed by atoms with van der Waals surface area (Å²) in [7, 11) is 0. The van der Waals surface area contributed by atoms with Crippen LogP contribution in [0, 0.1) is 0 Å². The van der Waals surface area contributed by atoms with Gasteiger partial charge in [0.05, 0.1) is 6.04 Å². The van der Waals surface area contributed by atoms with Crippen LogP contribution in [0.1, 0.15) is 32.9 Å². The van der Waals surface area contributed by atoms with Gasteiger partial charge in [0, 0.05) is 22.8 Å². The quantitative estimate of drug-likeness (QED) is 0.858. The summed E-state index contributed by atoms with van der Waals surface area (Å²) in [4.78, 5) is 11.9. The minimum Gasteiger partial charge on any atom is -0.444 e. The summed E-state index contributed by atoms with van der Waals surface area (Å²) in [6.45, 7) is 6.35. The van der Waals surface area contributed by atoms with Crippen LogP contribution >= 0.6 is 11.6 Å². The van der Waals surface area contributed by atoms with Gasteiger partial charge in [-0.05, 0) is 57.2 Å². The first kappa shape index (κ1) is 15.2. The van der Waals surface area contributed by atoms with Gasteiger partial charge in [-0.2, -0.15) is 0 Å². The second-order valence-corrected chi connectivity index (χ2v) is 7.27. The molecule has 1 amide bonds. The molecule has 2 heterocycles. The highest BCUT2D eigenvalue weighted by Crippen LogP contribution is 2.27. The van der Waals surface area contributed by atoms with Crippen LogP contribution in [0.5, 0.6) is 0 Å². The first-order chi connectivity index (χ1) is 10.3. The number of carbonyl (C=O) groups is 1. The Hall–Kier alpha value is -1.68. The third kappa shape index (κ3) is 3.22. The van der Waals surface area contributed by atoms with Crippen LogP contribution < -0.4 is 5.32 Å². The Kier molecular flexibility index (Phi) is 3.81. The van der Waals surface area contributed by atoms with Gasteiger partial charge >= 0.3 is 6.09 Å². The van der Waals surface area contributed by atoms with E-state index in [-0.39, 0.29) is 12.1 Å². The highest BCUT2D eigenvalue weighted by Gasteiger charge is 2.24. The van der Waals surface area contributed by atoms with Crippen molar-refractivity contribution in [3.8, 4) is 0 Å². The third-order valence-corrected chi connectivity index (χ3v) is 4.06. The van der Waals surface area contributed by atoms with Gasteiger partial charge in [0.1, 0.15) is 5.60 Å². The molecule has 0 unspecified atom stereocenters. The van der Waals surface area contributed by atoms with Crippen LogP contribution in [-0.2, 0) is 17.7 Å². The van der Waals surface area contributed by atoms with Crippen molar-refractivity contribution in [3.05, 3.63) is 35.0 Å². The lowest BCUT2D eigenvalue weighted by Crippen LogP contribution is -2.43. The Morgan fingerprint density at radius 2 is 2.14 bits per heavy atom. The zero-order valence-corrected chi connectivity index (χ0v) is 13.9. The van der Waals surface area contributed by atoms with Crippen LogP contribution in [0.2, 0.25) is 5.02 Å². The molecule has 1 aromatic carbocycles. The number of aryl methyl sites for hydroxylation is 1. The van der Waals surface area contributed by atoms with Gasteiger partial charge in [-0.1, -0.05) is 17.7 Å². The Morgan fingerprint density at radius 1 is 1.36 bits per heavy atom. The first-order valence-electron chi connectivity index (χ1n) is 7.59. The Labute approximate surface area is 135 Å². The number of rotatable bonds is 1. The largest absolute Gasteiger partial charge is 0.444 e. The van der Waals surface area contributed by atoms with Crippen molar-refractivity contribution >= 4 is 28.6 Å². The van der Waals surface area contributed by atoms with Gasteiger partial charge in [0.25, 0.3) is 0 Å². The number of halogens is 1. The molecule has 0 radical (unpaired) electrons. The van der Waals surface area contributed by atoms with Crippen molar-refractivity contribution in [2.24, 2.45) is 0 Å². The molecular weight excluding hydrogens is 300 g/mol. The molecule has 1 aliphatic rings. The lowest BCUT2D eigenvalue weighted by molar-refractivity contribution is 0.0493. The molecule has 2 aromatic rings. The molecule has 22 heavy (non-hydrogen) atoms. The summed E-state index contributed by atoms with van der Waals surface area (Å²) < 4.78 is 7.58. The van der Waals surface area contributed by atoms with E-state index >= 15 is 0 Å². The van der Waals surface area contributed by atoms with E-state index < -0.39 is 5.60 Å². The van der Waals surface area contributed by atoms with Gasteiger partial charge in [-0.3, -0.25) is 0 Å². The van der Waals surface area contributed by atoms with Crippen molar-refractivity contribution in [1.82, 2.24) is 9.88 Å². The van der Waals surface area contributed by atoms with E-state index in [1.54, 1.807) is 0 Å². The summed E-state index contributed by atoms with van der Waals surface area (Å²) in [6, 6.07) is 8.22. The average Bonchev–Trinajstić information content (AvgIpc) is 2.74. The minimum atomic E-state index is -0.475. The predicted molar refractivity (Wildman–Crippen MR) is 88.4 cm³/mol. The molecule has 5 heteroatoms. The molecule has 0 saturated heterocycles. The summed E-state index contributed by atoms with van der Waals surface area (Å²) in [5, 5.41) is 4.89. The van der Waals surface area contributed by atoms with E-state index in [1.165, 1.54) is 11.1 Å². The number of amides is 1. The fraction of sp³-hybridized carbons (Fsp3) is 0.471. The molecular formula is C17H21ClN2O2. The van der Waals surface area contributed by atoms with E-state index in [2.05, 4.69) is 16.0 Å². The van der Waals surface area contributed by atoms with Gasteiger partial charge in [-0.25, -0.2) is 4.79 Å². The monoisotopic (exact) mass is 320 g/mol. The molecule has 0 saturated carbocycles. The zero-order valence-electron chi connectivity index (χ0n) is 13.1. The minimum absolute atomic E-state index is 0.0805. The van der Waals surface area contributed by atoms with Gasteiger partial charge in [-0.15, -0.1) is 0 Å². The third-order valence-electron chi connectivity index (χ3n) is 3.82. The highest BCUT2D eigenvalue weighted by molar-refractivity contribution is 6.31. The molecule has 1 atom stereocenters. The van der Waals surface area contributed by atoms with E-state index in [0.717, 1.165) is 29.9 Å². The second-order valence-electron chi connectivity index (χ2n) is 6.83. The average molecular weight is 321 g/mol. The fourth-order valence-corrected chi connectivity index (χ4v) is 3.10. The normalized spacial score (nSPS) is 18.1.